The summed E-state index contributed by atoms with van der Waals surface area (Å²) in [6.07, 6.45) is 7.70. The summed E-state index contributed by atoms with van der Waals surface area (Å²) in [5.74, 6) is 1.03. The molecule has 1 aliphatic rings. The van der Waals surface area contributed by atoms with Crippen LogP contribution in [-0.2, 0) is 22.6 Å². The highest BCUT2D eigenvalue weighted by Gasteiger charge is 2.61. The molecule has 1 aromatic carbocycles. The Labute approximate surface area is 149 Å². The number of esters is 1. The Balaban J connectivity index is 1.52. The zero-order valence-electron chi connectivity index (χ0n) is 15.2. The summed E-state index contributed by atoms with van der Waals surface area (Å²) >= 11 is 0. The van der Waals surface area contributed by atoms with Crippen molar-refractivity contribution in [1.29, 1.82) is 0 Å². The summed E-state index contributed by atoms with van der Waals surface area (Å²) in [5, 5.41) is 0. The average molecular weight is 338 g/mol. The smallest absolute Gasteiger partial charge is 0.310 e. The lowest BCUT2D eigenvalue weighted by atomic mass is 10.1. The molecule has 25 heavy (non-hydrogen) atoms. The van der Waals surface area contributed by atoms with Crippen LogP contribution in [0.4, 0.5) is 0 Å². The highest BCUT2D eigenvalue weighted by molar-refractivity contribution is 5.78. The van der Waals surface area contributed by atoms with Gasteiger partial charge < -0.3 is 9.15 Å². The molecular formula is C22H26O3. The molecule has 1 aromatic heterocycles. The predicted molar refractivity (Wildman–Crippen MR) is 97.9 cm³/mol. The van der Waals surface area contributed by atoms with Crippen molar-refractivity contribution in [3.63, 3.8) is 0 Å². The number of furan rings is 1. The molecule has 0 saturated heterocycles. The maximum atomic E-state index is 12.4. The van der Waals surface area contributed by atoms with Crippen molar-refractivity contribution in [1.82, 2.24) is 0 Å². The Hall–Kier alpha value is -2.29. The molecular weight excluding hydrogens is 312 g/mol. The maximum absolute atomic E-state index is 12.4. The first-order valence-electron chi connectivity index (χ1n) is 8.96. The summed E-state index contributed by atoms with van der Waals surface area (Å²) in [5.41, 5.74) is 2.10. The fourth-order valence-electron chi connectivity index (χ4n) is 3.41. The molecule has 3 nitrogen and oxygen atoms in total. The van der Waals surface area contributed by atoms with Gasteiger partial charge in [0.15, 0.2) is 0 Å². The number of hydrogen-bond acceptors (Lipinski definition) is 3. The molecule has 0 amide bonds. The Morgan fingerprint density at radius 2 is 2.00 bits per heavy atom. The van der Waals surface area contributed by atoms with Gasteiger partial charge in [-0.3, -0.25) is 4.79 Å². The second kappa shape index (κ2) is 7.30. The van der Waals surface area contributed by atoms with Crippen LogP contribution in [-0.4, -0.2) is 5.97 Å². The largest absolute Gasteiger partial charge is 0.469 e. The van der Waals surface area contributed by atoms with Gasteiger partial charge in [0.25, 0.3) is 0 Å². The van der Waals surface area contributed by atoms with Gasteiger partial charge in [-0.1, -0.05) is 63.3 Å². The van der Waals surface area contributed by atoms with Crippen LogP contribution in [0.5, 0.6) is 0 Å². The lowest BCUT2D eigenvalue weighted by Crippen LogP contribution is -2.10. The maximum Gasteiger partial charge on any atom is 0.310 e. The van der Waals surface area contributed by atoms with Gasteiger partial charge in [0, 0.05) is 12.0 Å². The van der Waals surface area contributed by atoms with E-state index >= 15 is 0 Å². The Bertz CT molecular complexity index is 740. The summed E-state index contributed by atoms with van der Waals surface area (Å²) in [4.78, 5) is 12.4. The number of rotatable bonds is 7. The van der Waals surface area contributed by atoms with Gasteiger partial charge in [0.2, 0.25) is 0 Å². The Morgan fingerprint density at radius 3 is 2.72 bits per heavy atom. The van der Waals surface area contributed by atoms with Gasteiger partial charge >= 0.3 is 5.97 Å². The molecule has 1 aliphatic carbocycles. The van der Waals surface area contributed by atoms with Crippen LogP contribution in [0.1, 0.15) is 44.1 Å². The molecule has 132 valence electrons. The fraction of sp³-hybridized carbons (Fsp3) is 0.409. The average Bonchev–Trinajstić information content (AvgIpc) is 2.92. The lowest BCUT2D eigenvalue weighted by Gasteiger charge is -2.03. The number of carbonyl (C=O) groups is 1. The molecule has 0 N–H and O–H groups in total. The molecule has 2 aromatic rings. The first-order chi connectivity index (χ1) is 12.0. The number of hydrogen-bond donors (Lipinski definition) is 0. The molecule has 0 aliphatic heterocycles. The standard InChI is InChI=1S/C22H26O3/c1-4-5-11-19-20(22(19,2)3)21(23)25-15-17-13-18(24-14-17)12-16-9-7-6-8-10-16/h5-11,13-14,19-20H,4,12,15H2,1-3H3/b11-5-/t19-,20-/m1/s1. The van der Waals surface area contributed by atoms with E-state index in [9.17, 15) is 4.79 Å². The topological polar surface area (TPSA) is 39.4 Å². The first-order valence-corrected chi connectivity index (χ1v) is 8.96. The summed E-state index contributed by atoms with van der Waals surface area (Å²) in [6.45, 7) is 6.62. The normalized spacial score (nSPS) is 21.4. The van der Waals surface area contributed by atoms with E-state index < -0.39 is 0 Å². The Morgan fingerprint density at radius 1 is 1.24 bits per heavy atom. The third-order valence-corrected chi connectivity index (χ3v) is 5.05. The summed E-state index contributed by atoms with van der Waals surface area (Å²) in [6, 6.07) is 12.1. The minimum Gasteiger partial charge on any atom is -0.469 e. The fourth-order valence-corrected chi connectivity index (χ4v) is 3.41. The zero-order chi connectivity index (χ0) is 17.9. The van der Waals surface area contributed by atoms with Crippen LogP contribution in [0.2, 0.25) is 0 Å². The van der Waals surface area contributed by atoms with Gasteiger partial charge in [0.05, 0.1) is 12.2 Å². The van der Waals surface area contributed by atoms with E-state index in [-0.39, 0.29) is 29.8 Å². The van der Waals surface area contributed by atoms with Crippen LogP contribution in [0.3, 0.4) is 0 Å². The van der Waals surface area contributed by atoms with Gasteiger partial charge in [-0.05, 0) is 29.4 Å². The van der Waals surface area contributed by atoms with E-state index in [1.165, 1.54) is 5.56 Å². The van der Waals surface area contributed by atoms with Gasteiger partial charge in [-0.2, -0.15) is 0 Å². The third kappa shape index (κ3) is 4.04. The molecule has 0 spiro atoms. The van der Waals surface area contributed by atoms with Crippen LogP contribution in [0, 0.1) is 17.3 Å². The van der Waals surface area contributed by atoms with E-state index in [2.05, 4.69) is 45.1 Å². The van der Waals surface area contributed by atoms with Gasteiger partial charge in [-0.25, -0.2) is 0 Å². The molecule has 0 bridgehead atoms. The SMILES string of the molecule is CC/C=C\[C@@H]1[C@H](C(=O)OCc2coc(Cc3ccccc3)c2)C1(C)C. The number of carbonyl (C=O) groups excluding carboxylic acids is 1. The second-order valence-electron chi connectivity index (χ2n) is 7.35. The number of ether oxygens (including phenoxy) is 1. The molecule has 1 fully saturated rings. The van der Waals surface area contributed by atoms with Crippen molar-refractivity contribution in [3.05, 3.63) is 71.7 Å². The predicted octanol–water partition coefficient (Wildman–Crippen LogP) is 5.15. The van der Waals surface area contributed by atoms with Crippen molar-refractivity contribution in [2.75, 3.05) is 0 Å². The molecule has 1 saturated carbocycles. The quantitative estimate of drug-likeness (QED) is 0.517. The Kier molecular flexibility index (Phi) is 5.12. The molecule has 3 rings (SSSR count). The van der Waals surface area contributed by atoms with E-state index in [1.54, 1.807) is 6.26 Å². The van der Waals surface area contributed by atoms with Gasteiger partial charge in [-0.15, -0.1) is 0 Å². The molecule has 3 heteroatoms. The third-order valence-electron chi connectivity index (χ3n) is 5.05. The van der Waals surface area contributed by atoms with Crippen LogP contribution >= 0.6 is 0 Å². The zero-order valence-corrected chi connectivity index (χ0v) is 15.2. The summed E-state index contributed by atoms with van der Waals surface area (Å²) < 4.78 is 11.1. The number of benzene rings is 1. The summed E-state index contributed by atoms with van der Waals surface area (Å²) in [7, 11) is 0. The highest BCUT2D eigenvalue weighted by atomic mass is 16.5. The van der Waals surface area contributed by atoms with E-state index in [1.807, 2.05) is 24.3 Å². The highest BCUT2D eigenvalue weighted by Crippen LogP contribution is 2.59. The minimum absolute atomic E-state index is 0.00236. The minimum atomic E-state index is -0.110. The molecule has 0 radical (unpaired) electrons. The molecule has 0 unspecified atom stereocenters. The van der Waals surface area contributed by atoms with Gasteiger partial charge in [0.1, 0.15) is 12.4 Å². The van der Waals surface area contributed by atoms with Crippen LogP contribution in [0.25, 0.3) is 0 Å². The molecule has 2 atom stereocenters. The monoisotopic (exact) mass is 338 g/mol. The van der Waals surface area contributed by atoms with E-state index in [4.69, 9.17) is 9.15 Å². The second-order valence-corrected chi connectivity index (χ2v) is 7.35. The van der Waals surface area contributed by atoms with Crippen LogP contribution < -0.4 is 0 Å². The van der Waals surface area contributed by atoms with Crippen LogP contribution in [0.15, 0.2) is 59.2 Å². The number of allylic oxidation sites excluding steroid dienone is 2. The lowest BCUT2D eigenvalue weighted by molar-refractivity contribution is -0.147. The van der Waals surface area contributed by atoms with Crippen molar-refractivity contribution >= 4 is 5.97 Å². The molecule has 1 heterocycles. The van der Waals surface area contributed by atoms with Crippen molar-refractivity contribution < 1.29 is 13.9 Å². The van der Waals surface area contributed by atoms with Crippen molar-refractivity contribution in [2.45, 2.75) is 40.2 Å². The van der Waals surface area contributed by atoms with E-state index in [0.29, 0.717) is 0 Å². The van der Waals surface area contributed by atoms with E-state index in [0.717, 1.165) is 24.2 Å². The van der Waals surface area contributed by atoms with Crippen molar-refractivity contribution in [3.8, 4) is 0 Å². The first kappa shape index (κ1) is 17.5. The van der Waals surface area contributed by atoms with Crippen molar-refractivity contribution in [2.24, 2.45) is 17.3 Å².